The Labute approximate surface area is 70.8 Å². The first-order valence-corrected chi connectivity index (χ1v) is 3.27. The lowest BCUT2D eigenvalue weighted by molar-refractivity contribution is 1.17. The summed E-state index contributed by atoms with van der Waals surface area (Å²) in [4.78, 5) is 3.98. The van der Waals surface area contributed by atoms with Crippen LogP contribution in [-0.2, 0) is 0 Å². The van der Waals surface area contributed by atoms with Gasteiger partial charge in [0.1, 0.15) is 0 Å². The highest BCUT2D eigenvalue weighted by atomic mass is 15.2. The third-order valence-electron chi connectivity index (χ3n) is 0.937. The number of aryl methyl sites for hydroxylation is 1. The Kier molecular flexibility index (Phi) is 6.24. The maximum absolute atomic E-state index is 6.00. The molecule has 3 N–H and O–H groups in total. The Balaban J connectivity index is 0.000000217. The number of hydrogen-bond acceptors (Lipinski definition) is 4. The van der Waals surface area contributed by atoms with E-state index in [1.165, 1.54) is 0 Å². The first-order valence-electron chi connectivity index (χ1n) is 3.27. The van der Waals surface area contributed by atoms with Crippen LogP contribution in [0.25, 0.3) is 0 Å². The fourth-order valence-corrected chi connectivity index (χ4v) is 0.481. The van der Waals surface area contributed by atoms with Gasteiger partial charge in [-0.25, -0.2) is 5.53 Å². The monoisotopic (exact) mass is 165 g/mol. The quantitative estimate of drug-likeness (QED) is 0.216. The molecule has 0 bridgehead atoms. The van der Waals surface area contributed by atoms with Crippen molar-refractivity contribution in [1.29, 1.82) is 5.53 Å². The van der Waals surface area contributed by atoms with E-state index in [1.807, 2.05) is 25.1 Å². The topological polar surface area (TPSA) is 87.5 Å². The van der Waals surface area contributed by atoms with Crippen LogP contribution >= 0.6 is 0 Å². The van der Waals surface area contributed by atoms with Crippen molar-refractivity contribution in [3.63, 3.8) is 0 Å². The molecule has 12 heavy (non-hydrogen) atoms. The zero-order valence-electron chi connectivity index (χ0n) is 6.81. The fourth-order valence-electron chi connectivity index (χ4n) is 0.481. The number of nitrogens with zero attached hydrogens (tertiary/aromatic N) is 3. The summed E-state index contributed by atoms with van der Waals surface area (Å²) in [7, 11) is 0. The van der Waals surface area contributed by atoms with Crippen molar-refractivity contribution in [2.75, 3.05) is 0 Å². The van der Waals surface area contributed by atoms with E-state index in [4.69, 9.17) is 5.53 Å². The third-order valence-corrected chi connectivity index (χ3v) is 0.937. The summed E-state index contributed by atoms with van der Waals surface area (Å²) in [6.07, 6.45) is 2.73. The lowest BCUT2D eigenvalue weighted by atomic mass is 10.4. The van der Waals surface area contributed by atoms with Gasteiger partial charge in [0, 0.05) is 11.9 Å². The molecule has 5 heteroatoms. The second-order valence-corrected chi connectivity index (χ2v) is 1.86. The van der Waals surface area contributed by atoms with Gasteiger partial charge >= 0.3 is 0 Å². The molecule has 1 aromatic heterocycles. The molecule has 1 aromatic rings. The molecule has 64 valence electrons. The molecule has 0 aliphatic rings. The van der Waals surface area contributed by atoms with E-state index in [0.717, 1.165) is 12.0 Å². The Bertz CT molecular complexity index is 231. The minimum atomic E-state index is 0.944. The van der Waals surface area contributed by atoms with Gasteiger partial charge in [0.25, 0.3) is 0 Å². The highest BCUT2D eigenvalue weighted by molar-refractivity contribution is 5.52. The molecule has 0 aromatic carbocycles. The van der Waals surface area contributed by atoms with Gasteiger partial charge in [0.2, 0.25) is 0 Å². The van der Waals surface area contributed by atoms with Crippen LogP contribution in [-0.4, -0.2) is 11.3 Å². The van der Waals surface area contributed by atoms with Gasteiger partial charge < -0.3 is 5.84 Å². The van der Waals surface area contributed by atoms with Crippen LogP contribution in [0.4, 0.5) is 0 Å². The maximum Gasteiger partial charge on any atom is 0.156 e. The lowest BCUT2D eigenvalue weighted by Gasteiger charge is -1.82. The molecule has 0 radical (unpaired) electrons. The molecule has 0 fully saturated rings. The summed E-state index contributed by atoms with van der Waals surface area (Å²) < 4.78 is 0. The molecule has 0 unspecified atom stereocenters. The molecule has 5 nitrogen and oxygen atoms in total. The Morgan fingerprint density at radius 1 is 1.58 bits per heavy atom. The van der Waals surface area contributed by atoms with Crippen LogP contribution in [0, 0.1) is 12.5 Å². The second kappa shape index (κ2) is 7.33. The van der Waals surface area contributed by atoms with Crippen LogP contribution < -0.4 is 5.84 Å². The van der Waals surface area contributed by atoms with Crippen molar-refractivity contribution in [3.8, 4) is 0 Å². The first-order chi connectivity index (χ1) is 5.81. The van der Waals surface area contributed by atoms with Crippen molar-refractivity contribution in [2.45, 2.75) is 6.92 Å². The fraction of sp³-hybridized carbons (Fsp3) is 0.143. The number of pyridine rings is 1. The average molecular weight is 165 g/mol. The van der Waals surface area contributed by atoms with Crippen LogP contribution in [0.15, 0.2) is 34.6 Å². The van der Waals surface area contributed by atoms with Crippen LogP contribution in [0.1, 0.15) is 5.69 Å². The standard InChI is InChI=1S/C6H7N.CH4N4/c1-6-4-2-3-5-7-6;2-4-1-5-3/h2-5H,1H3;1-2H,3H2. The molecule has 0 spiro atoms. The number of nitrogens with two attached hydrogens (primary N) is 1. The predicted octanol–water partition coefficient (Wildman–Crippen LogP) is 1.31. The number of nitrogens with one attached hydrogen (secondary N) is 1. The molecule has 0 saturated carbocycles. The summed E-state index contributed by atoms with van der Waals surface area (Å²) in [6, 6.07) is 5.86. The minimum Gasteiger partial charge on any atom is -0.322 e. The molecular formula is C7H11N5. The Hall–Kier alpha value is -1.78. The molecule has 0 atom stereocenters. The SMILES string of the molecule is Cc1ccccn1.N=NC=NN. The van der Waals surface area contributed by atoms with Gasteiger partial charge in [-0.05, 0) is 19.1 Å². The lowest BCUT2D eigenvalue weighted by Crippen LogP contribution is -1.75. The summed E-state index contributed by atoms with van der Waals surface area (Å²) >= 11 is 0. The summed E-state index contributed by atoms with van der Waals surface area (Å²) in [5, 5.41) is 5.56. The summed E-state index contributed by atoms with van der Waals surface area (Å²) in [5.74, 6) is 4.49. The highest BCUT2D eigenvalue weighted by Crippen LogP contribution is 1.85. The largest absolute Gasteiger partial charge is 0.322 e. The summed E-state index contributed by atoms with van der Waals surface area (Å²) in [5.41, 5.74) is 7.07. The second-order valence-electron chi connectivity index (χ2n) is 1.86. The maximum atomic E-state index is 6.00. The number of rotatable bonds is 1. The van der Waals surface area contributed by atoms with E-state index in [2.05, 4.69) is 21.0 Å². The zero-order chi connectivity index (χ0) is 9.23. The number of hydrogen-bond donors (Lipinski definition) is 2. The van der Waals surface area contributed by atoms with E-state index in [0.29, 0.717) is 0 Å². The minimum absolute atomic E-state index is 0.944. The van der Waals surface area contributed by atoms with Crippen LogP contribution in [0.3, 0.4) is 0 Å². The van der Waals surface area contributed by atoms with Crippen LogP contribution in [0.2, 0.25) is 0 Å². The zero-order valence-corrected chi connectivity index (χ0v) is 6.81. The molecule has 0 amide bonds. The number of aromatic nitrogens is 1. The molecule has 0 saturated heterocycles. The molecule has 1 rings (SSSR count). The summed E-state index contributed by atoms with van der Waals surface area (Å²) in [6.45, 7) is 1.97. The normalized spacial score (nSPS) is 8.75. The van der Waals surface area contributed by atoms with Crippen molar-refractivity contribution < 1.29 is 0 Å². The smallest absolute Gasteiger partial charge is 0.156 e. The molecule has 0 aliphatic heterocycles. The Morgan fingerprint density at radius 3 is 2.50 bits per heavy atom. The van der Waals surface area contributed by atoms with Crippen molar-refractivity contribution in [1.82, 2.24) is 4.98 Å². The highest BCUT2D eigenvalue weighted by Gasteiger charge is 1.73. The van der Waals surface area contributed by atoms with E-state index < -0.39 is 0 Å². The van der Waals surface area contributed by atoms with Crippen molar-refractivity contribution >= 4 is 6.34 Å². The molecule has 1 heterocycles. The van der Waals surface area contributed by atoms with Gasteiger partial charge in [-0.15, -0.1) is 5.11 Å². The number of hydrazone groups is 1. The van der Waals surface area contributed by atoms with Crippen LogP contribution in [0.5, 0.6) is 0 Å². The van der Waals surface area contributed by atoms with E-state index >= 15 is 0 Å². The van der Waals surface area contributed by atoms with E-state index in [-0.39, 0.29) is 0 Å². The van der Waals surface area contributed by atoms with Gasteiger partial charge in [-0.1, -0.05) is 6.07 Å². The van der Waals surface area contributed by atoms with E-state index in [1.54, 1.807) is 6.20 Å². The van der Waals surface area contributed by atoms with Gasteiger partial charge in [-0.3, -0.25) is 4.98 Å². The third kappa shape index (κ3) is 6.34. The average Bonchev–Trinajstić information content (AvgIpc) is 2.08. The first kappa shape index (κ1) is 10.2. The predicted molar refractivity (Wildman–Crippen MR) is 46.8 cm³/mol. The van der Waals surface area contributed by atoms with Gasteiger partial charge in [0.15, 0.2) is 6.34 Å². The van der Waals surface area contributed by atoms with E-state index in [9.17, 15) is 0 Å². The van der Waals surface area contributed by atoms with Crippen molar-refractivity contribution in [3.05, 3.63) is 30.1 Å². The molecule has 0 aliphatic carbocycles. The van der Waals surface area contributed by atoms with Gasteiger partial charge in [-0.2, -0.15) is 5.10 Å². The molecular weight excluding hydrogens is 154 g/mol. The van der Waals surface area contributed by atoms with Gasteiger partial charge in [0.05, 0.1) is 0 Å². The van der Waals surface area contributed by atoms with Crippen molar-refractivity contribution in [2.24, 2.45) is 16.1 Å². The Morgan fingerprint density at radius 2 is 2.33 bits per heavy atom.